The first kappa shape index (κ1) is 51.5. The van der Waals surface area contributed by atoms with Crippen molar-refractivity contribution in [2.45, 2.75) is 64.7 Å². The molecule has 4 heterocycles. The summed E-state index contributed by atoms with van der Waals surface area (Å²) < 4.78 is 9.94. The smallest absolute Gasteiger partial charge is 0.412 e. The molecule has 0 aliphatic carbocycles. The van der Waals surface area contributed by atoms with E-state index in [2.05, 4.69) is 41.8 Å². The number of carbonyl (C=O) groups excluding carboxylic acids is 5. The van der Waals surface area contributed by atoms with Crippen LogP contribution in [0, 0.1) is 12.8 Å². The summed E-state index contributed by atoms with van der Waals surface area (Å²) in [7, 11) is 4.96. The zero-order valence-electron chi connectivity index (χ0n) is 40.2. The standard InChI is InChI=1S/C50H59N11O8S/c1-31-39(26-52-44(31)48(67)51-20-11-12-32(22-43(62)63)19-21-70-30-33-15-17-35(18-16-33)58-57-34-13-9-8-10-14-34)56-47(66)42-24-37(28-60(42)6)54-45(64)40-23-36(27-59(40)5)53-46(65)41-25-38(29-61(41)7)55-49(68)69-50(2,3)4/h8-10,13-18,23-29,32,52H,11-12,19-22,30H2,1-7H3,(H,51,67)(H,53,65)(H,54,64)(H,55,68)(H,56,66)(H,62,63). The molecule has 20 heteroatoms. The second kappa shape index (κ2) is 23.4. The number of aromatic amines is 1. The van der Waals surface area contributed by atoms with Crippen molar-refractivity contribution in [2.75, 3.05) is 33.6 Å². The summed E-state index contributed by atoms with van der Waals surface area (Å²) >= 11 is 1.74. The summed E-state index contributed by atoms with van der Waals surface area (Å²) in [6, 6.07) is 22.0. The Morgan fingerprint density at radius 2 is 1.24 bits per heavy atom. The number of aryl methyl sites for hydroxylation is 3. The van der Waals surface area contributed by atoms with E-state index in [9.17, 15) is 33.9 Å². The van der Waals surface area contributed by atoms with E-state index in [1.807, 2.05) is 54.6 Å². The number of carbonyl (C=O) groups is 6. The van der Waals surface area contributed by atoms with E-state index in [4.69, 9.17) is 4.74 Å². The minimum Gasteiger partial charge on any atom is -0.481 e. The number of benzene rings is 2. The topological polar surface area (TPSA) is 247 Å². The molecule has 4 aromatic heterocycles. The Morgan fingerprint density at radius 1 is 0.714 bits per heavy atom. The highest BCUT2D eigenvalue weighted by atomic mass is 32.2. The summed E-state index contributed by atoms with van der Waals surface area (Å²) in [5.41, 5.74) is 4.98. The van der Waals surface area contributed by atoms with Crippen molar-refractivity contribution in [3.63, 3.8) is 0 Å². The van der Waals surface area contributed by atoms with Crippen LogP contribution in [0.5, 0.6) is 0 Å². The molecule has 70 heavy (non-hydrogen) atoms. The lowest BCUT2D eigenvalue weighted by Gasteiger charge is -2.19. The van der Waals surface area contributed by atoms with Crippen LogP contribution >= 0.6 is 11.8 Å². The molecule has 0 aliphatic heterocycles. The minimum atomic E-state index is -0.852. The van der Waals surface area contributed by atoms with E-state index in [-0.39, 0.29) is 41.0 Å². The molecule has 0 aliphatic rings. The van der Waals surface area contributed by atoms with Gasteiger partial charge in [0.05, 0.1) is 34.1 Å². The Morgan fingerprint density at radius 3 is 1.79 bits per heavy atom. The second-order valence-electron chi connectivity index (χ2n) is 17.8. The molecule has 1 unspecified atom stereocenters. The lowest BCUT2D eigenvalue weighted by Crippen LogP contribution is -2.27. The first-order valence-corrected chi connectivity index (χ1v) is 23.7. The Bertz CT molecular complexity index is 2850. The number of carboxylic acids is 1. The van der Waals surface area contributed by atoms with Crippen LogP contribution < -0.4 is 26.6 Å². The Hall–Kier alpha value is -7.87. The van der Waals surface area contributed by atoms with Crippen LogP contribution in [0.2, 0.25) is 0 Å². The summed E-state index contributed by atoms with van der Waals surface area (Å²) in [5.74, 6) is -1.11. The highest BCUT2D eigenvalue weighted by Gasteiger charge is 2.22. The third-order valence-electron chi connectivity index (χ3n) is 10.9. The fraction of sp³-hybridized carbons (Fsp3) is 0.320. The number of rotatable bonds is 21. The number of nitrogens with zero attached hydrogens (tertiary/aromatic N) is 5. The van der Waals surface area contributed by atoms with Gasteiger partial charge in [0, 0.05) is 70.2 Å². The molecule has 0 bridgehead atoms. The zero-order valence-corrected chi connectivity index (χ0v) is 41.0. The average molecular weight is 974 g/mol. The molecule has 1 atom stereocenters. The summed E-state index contributed by atoms with van der Waals surface area (Å²) in [5, 5.41) is 32.0. The maximum absolute atomic E-state index is 13.5. The molecule has 6 aromatic rings. The number of thioether (sulfide) groups is 1. The van der Waals surface area contributed by atoms with Gasteiger partial charge in [-0.15, -0.1) is 0 Å². The number of amides is 5. The van der Waals surface area contributed by atoms with Crippen molar-refractivity contribution in [2.24, 2.45) is 37.3 Å². The number of carboxylic acid groups (broad SMARTS) is 1. The molecule has 0 spiro atoms. The number of hydrogen-bond donors (Lipinski definition) is 7. The third-order valence-corrected chi connectivity index (χ3v) is 12.0. The van der Waals surface area contributed by atoms with Gasteiger partial charge in [0.2, 0.25) is 0 Å². The molecule has 2 aromatic carbocycles. The Balaban J connectivity index is 0.936. The van der Waals surface area contributed by atoms with Gasteiger partial charge in [-0.05, 0) is 107 Å². The second-order valence-corrected chi connectivity index (χ2v) is 18.9. The molecular formula is C50H59N11O8S. The van der Waals surface area contributed by atoms with Crippen LogP contribution in [-0.4, -0.2) is 77.4 Å². The summed E-state index contributed by atoms with van der Waals surface area (Å²) in [6.45, 7) is 7.29. The van der Waals surface area contributed by atoms with Crippen LogP contribution in [0.3, 0.4) is 0 Å². The Labute approximate surface area is 409 Å². The van der Waals surface area contributed by atoms with Gasteiger partial charge < -0.3 is 49.8 Å². The predicted molar refractivity (Wildman–Crippen MR) is 271 cm³/mol. The number of ether oxygens (including phenoxy) is 1. The fourth-order valence-corrected chi connectivity index (χ4v) is 8.49. The first-order valence-electron chi connectivity index (χ1n) is 22.6. The zero-order chi connectivity index (χ0) is 50.5. The van der Waals surface area contributed by atoms with Gasteiger partial charge in [-0.2, -0.15) is 22.0 Å². The van der Waals surface area contributed by atoms with Gasteiger partial charge in [0.1, 0.15) is 28.4 Å². The third kappa shape index (κ3) is 14.8. The maximum atomic E-state index is 13.5. The van der Waals surface area contributed by atoms with Crippen molar-refractivity contribution in [3.05, 3.63) is 131 Å². The highest BCUT2D eigenvalue weighted by molar-refractivity contribution is 7.98. The molecule has 5 amide bonds. The largest absolute Gasteiger partial charge is 0.481 e. The Kier molecular flexibility index (Phi) is 17.2. The van der Waals surface area contributed by atoms with Crippen LogP contribution in [0.4, 0.5) is 38.9 Å². The van der Waals surface area contributed by atoms with Gasteiger partial charge in [-0.1, -0.05) is 30.3 Å². The highest BCUT2D eigenvalue weighted by Crippen LogP contribution is 2.26. The maximum Gasteiger partial charge on any atom is 0.412 e. The van der Waals surface area contributed by atoms with Crippen molar-refractivity contribution < 1.29 is 38.6 Å². The van der Waals surface area contributed by atoms with E-state index in [0.717, 1.165) is 34.9 Å². The number of azo groups is 1. The van der Waals surface area contributed by atoms with Crippen LogP contribution in [-0.2, 0) is 36.4 Å². The number of H-pyrrole nitrogens is 1. The number of nitrogens with one attached hydrogen (secondary N) is 6. The monoisotopic (exact) mass is 973 g/mol. The number of anilines is 4. The van der Waals surface area contributed by atoms with E-state index < -0.39 is 35.4 Å². The molecule has 0 saturated carbocycles. The van der Waals surface area contributed by atoms with Gasteiger partial charge >= 0.3 is 12.1 Å². The van der Waals surface area contributed by atoms with Gasteiger partial charge in [0.25, 0.3) is 23.6 Å². The van der Waals surface area contributed by atoms with Gasteiger partial charge in [-0.3, -0.25) is 29.3 Å². The van der Waals surface area contributed by atoms with Crippen LogP contribution in [0.25, 0.3) is 0 Å². The number of aliphatic carboxylic acids is 1. The molecule has 0 saturated heterocycles. The molecule has 0 fully saturated rings. The van der Waals surface area contributed by atoms with E-state index in [1.165, 1.54) is 24.4 Å². The average Bonchev–Trinajstić information content (AvgIpc) is 4.07. The predicted octanol–water partition coefficient (Wildman–Crippen LogP) is 9.78. The minimum absolute atomic E-state index is 0.0394. The molecule has 368 valence electrons. The quantitative estimate of drug-likeness (QED) is 0.0268. The fourth-order valence-electron chi connectivity index (χ4n) is 7.42. The van der Waals surface area contributed by atoms with E-state index >= 15 is 0 Å². The number of hydrogen-bond acceptors (Lipinski definition) is 10. The molecular weight excluding hydrogens is 915 g/mol. The molecule has 19 nitrogen and oxygen atoms in total. The van der Waals surface area contributed by atoms with Gasteiger partial charge in [-0.25, -0.2) is 4.79 Å². The van der Waals surface area contributed by atoms with Crippen molar-refractivity contribution >= 4 is 81.6 Å². The van der Waals surface area contributed by atoms with Crippen molar-refractivity contribution in [1.82, 2.24) is 24.0 Å². The van der Waals surface area contributed by atoms with Crippen LogP contribution in [0.15, 0.2) is 108 Å². The van der Waals surface area contributed by atoms with Crippen LogP contribution in [0.1, 0.15) is 99.5 Å². The van der Waals surface area contributed by atoms with Gasteiger partial charge in [0.15, 0.2) is 0 Å². The van der Waals surface area contributed by atoms with E-state index in [0.29, 0.717) is 47.7 Å². The normalized spacial score (nSPS) is 11.8. The SMILES string of the molecule is Cc1c(NC(=O)c2cc(NC(=O)c3cc(NC(=O)c4cc(NC(=O)OC(C)(C)C)cn4C)cn3C)cn2C)c[nH]c1C(=O)NCCCC(CCSCc1ccc(N=Nc2ccccc2)cc1)CC(=O)O. The summed E-state index contributed by atoms with van der Waals surface area (Å²) in [6.07, 6.45) is 7.63. The first-order chi connectivity index (χ1) is 33.3. The lowest BCUT2D eigenvalue weighted by molar-refractivity contribution is -0.138. The van der Waals surface area contributed by atoms with Crippen molar-refractivity contribution in [1.29, 1.82) is 0 Å². The molecule has 7 N–H and O–H groups in total. The summed E-state index contributed by atoms with van der Waals surface area (Å²) in [4.78, 5) is 80.0. The van der Waals surface area contributed by atoms with E-state index in [1.54, 1.807) is 92.9 Å². The lowest BCUT2D eigenvalue weighted by atomic mass is 9.96. The number of aromatic nitrogens is 4. The molecule has 0 radical (unpaired) electrons. The molecule has 6 rings (SSSR count). The van der Waals surface area contributed by atoms with Crippen molar-refractivity contribution in [3.8, 4) is 0 Å².